The van der Waals surface area contributed by atoms with Crippen LogP contribution in [0.1, 0.15) is 16.8 Å². The third kappa shape index (κ3) is 2.89. The lowest BCUT2D eigenvalue weighted by Crippen LogP contribution is -2.15. The van der Waals surface area contributed by atoms with Crippen molar-refractivity contribution < 1.29 is 4.39 Å². The molecule has 1 aromatic carbocycles. The Balaban J connectivity index is 2.53. The van der Waals surface area contributed by atoms with Crippen LogP contribution in [0, 0.1) is 19.7 Å². The molecule has 1 heterocycles. The predicted molar refractivity (Wildman–Crippen MR) is 84.3 cm³/mol. The van der Waals surface area contributed by atoms with Gasteiger partial charge in [-0.3, -0.25) is 0 Å². The van der Waals surface area contributed by atoms with Gasteiger partial charge in [-0.05, 0) is 37.6 Å². The first-order chi connectivity index (χ1) is 9.40. The van der Waals surface area contributed by atoms with Crippen LogP contribution in [-0.4, -0.2) is 9.97 Å². The molecule has 2 rings (SSSR count). The van der Waals surface area contributed by atoms with E-state index in [4.69, 9.17) is 29.6 Å². The smallest absolute Gasteiger partial charge is 0.165 e. The molecule has 0 bridgehead atoms. The number of nitrogens with two attached hydrogens (primary N) is 1. The normalized spacial score (nSPS) is 10.4. The molecule has 0 spiro atoms. The van der Waals surface area contributed by atoms with E-state index in [1.807, 2.05) is 19.9 Å². The minimum Gasteiger partial charge on any atom is -0.389 e. The van der Waals surface area contributed by atoms with Crippen molar-refractivity contribution >= 4 is 40.3 Å². The van der Waals surface area contributed by atoms with Crippen molar-refractivity contribution in [3.8, 4) is 0 Å². The number of thiocarbonyl (C=S) groups is 1. The molecular weight excluding hydrogens is 297 g/mol. The van der Waals surface area contributed by atoms with E-state index in [9.17, 15) is 4.39 Å². The van der Waals surface area contributed by atoms with Gasteiger partial charge in [-0.25, -0.2) is 9.37 Å². The topological polar surface area (TPSA) is 50.9 Å². The number of rotatable bonds is 3. The standard InChI is InChI=1S/C14H13ClFN3S/c1-7-6-8(2)18-14(11(7)13(17)20)19-10-5-3-4-9(15)12(10)16/h3-6H,1-2H3,(H2,17,20)(H,18,19). The number of halogens is 2. The van der Waals surface area contributed by atoms with Gasteiger partial charge in [0.15, 0.2) is 5.82 Å². The zero-order valence-corrected chi connectivity index (χ0v) is 12.6. The van der Waals surface area contributed by atoms with E-state index in [1.54, 1.807) is 12.1 Å². The average molecular weight is 310 g/mol. The maximum absolute atomic E-state index is 13.9. The SMILES string of the molecule is Cc1cc(C)c(C(N)=S)c(Nc2cccc(Cl)c2F)n1. The fourth-order valence-electron chi connectivity index (χ4n) is 1.97. The molecule has 0 radical (unpaired) electrons. The fraction of sp³-hybridized carbons (Fsp3) is 0.143. The first-order valence-electron chi connectivity index (χ1n) is 5.89. The van der Waals surface area contributed by atoms with E-state index in [0.717, 1.165) is 11.3 Å². The third-order valence-electron chi connectivity index (χ3n) is 2.80. The largest absolute Gasteiger partial charge is 0.389 e. The van der Waals surface area contributed by atoms with Gasteiger partial charge >= 0.3 is 0 Å². The molecule has 2 aromatic rings. The van der Waals surface area contributed by atoms with Gasteiger partial charge in [0.25, 0.3) is 0 Å². The van der Waals surface area contributed by atoms with Gasteiger partial charge in [0, 0.05) is 5.69 Å². The summed E-state index contributed by atoms with van der Waals surface area (Å²) in [6.07, 6.45) is 0. The van der Waals surface area contributed by atoms with E-state index in [1.165, 1.54) is 6.07 Å². The number of hydrogen-bond donors (Lipinski definition) is 2. The van der Waals surface area contributed by atoms with Gasteiger partial charge in [-0.2, -0.15) is 0 Å². The molecule has 3 N–H and O–H groups in total. The average Bonchev–Trinajstić information content (AvgIpc) is 2.33. The van der Waals surface area contributed by atoms with Crippen LogP contribution >= 0.6 is 23.8 Å². The monoisotopic (exact) mass is 309 g/mol. The highest BCUT2D eigenvalue weighted by atomic mass is 35.5. The van der Waals surface area contributed by atoms with Crippen LogP contribution in [0.5, 0.6) is 0 Å². The maximum atomic E-state index is 13.9. The van der Waals surface area contributed by atoms with Crippen LogP contribution in [0.3, 0.4) is 0 Å². The van der Waals surface area contributed by atoms with Crippen molar-refractivity contribution in [1.82, 2.24) is 4.98 Å². The summed E-state index contributed by atoms with van der Waals surface area (Å²) in [7, 11) is 0. The Kier molecular flexibility index (Phi) is 4.20. The minimum atomic E-state index is -0.538. The van der Waals surface area contributed by atoms with Gasteiger partial charge in [-0.1, -0.05) is 29.9 Å². The molecule has 20 heavy (non-hydrogen) atoms. The van der Waals surface area contributed by atoms with E-state index in [2.05, 4.69) is 10.3 Å². The maximum Gasteiger partial charge on any atom is 0.165 e. The Hall–Kier alpha value is -1.72. The van der Waals surface area contributed by atoms with Crippen molar-refractivity contribution in [1.29, 1.82) is 0 Å². The summed E-state index contributed by atoms with van der Waals surface area (Å²) in [5.74, 6) is -0.111. The lowest BCUT2D eigenvalue weighted by molar-refractivity contribution is 0.632. The summed E-state index contributed by atoms with van der Waals surface area (Å²) in [6, 6.07) is 6.57. The molecule has 0 amide bonds. The molecule has 6 heteroatoms. The number of nitrogens with one attached hydrogen (secondary N) is 1. The van der Waals surface area contributed by atoms with Gasteiger partial charge in [0.05, 0.1) is 16.3 Å². The highest BCUT2D eigenvalue weighted by molar-refractivity contribution is 7.80. The fourth-order valence-corrected chi connectivity index (χ4v) is 2.40. The van der Waals surface area contributed by atoms with Crippen molar-refractivity contribution in [2.24, 2.45) is 5.73 Å². The summed E-state index contributed by atoms with van der Waals surface area (Å²) >= 11 is 10.8. The highest BCUT2D eigenvalue weighted by Gasteiger charge is 2.14. The van der Waals surface area contributed by atoms with E-state index >= 15 is 0 Å². The van der Waals surface area contributed by atoms with Crippen LogP contribution in [0.2, 0.25) is 5.02 Å². The van der Waals surface area contributed by atoms with Crippen LogP contribution < -0.4 is 11.1 Å². The van der Waals surface area contributed by atoms with Gasteiger partial charge < -0.3 is 11.1 Å². The van der Waals surface area contributed by atoms with Crippen molar-refractivity contribution in [2.45, 2.75) is 13.8 Å². The molecule has 0 aliphatic heterocycles. The number of anilines is 2. The van der Waals surface area contributed by atoms with Gasteiger partial charge in [0.2, 0.25) is 0 Å². The Labute approximate surface area is 127 Å². The highest BCUT2D eigenvalue weighted by Crippen LogP contribution is 2.27. The van der Waals surface area contributed by atoms with Crippen LogP contribution in [0.25, 0.3) is 0 Å². The molecule has 0 unspecified atom stereocenters. The Morgan fingerprint density at radius 1 is 1.40 bits per heavy atom. The lowest BCUT2D eigenvalue weighted by Gasteiger charge is -2.14. The molecule has 0 saturated heterocycles. The second kappa shape index (κ2) is 5.73. The molecule has 0 fully saturated rings. The number of aryl methyl sites for hydroxylation is 2. The second-order valence-electron chi connectivity index (χ2n) is 4.39. The number of nitrogens with zero attached hydrogens (tertiary/aromatic N) is 1. The summed E-state index contributed by atoms with van der Waals surface area (Å²) in [5.41, 5.74) is 8.22. The summed E-state index contributed by atoms with van der Waals surface area (Å²) in [5, 5.41) is 2.94. The van der Waals surface area contributed by atoms with Gasteiger partial charge in [-0.15, -0.1) is 0 Å². The number of benzene rings is 1. The molecule has 3 nitrogen and oxygen atoms in total. The molecule has 0 saturated carbocycles. The first kappa shape index (κ1) is 14.7. The van der Waals surface area contributed by atoms with Crippen LogP contribution in [0.15, 0.2) is 24.3 Å². The predicted octanol–water partition coefficient (Wildman–Crippen LogP) is 3.87. The third-order valence-corrected chi connectivity index (χ3v) is 3.29. The Morgan fingerprint density at radius 2 is 2.10 bits per heavy atom. The van der Waals surface area contributed by atoms with E-state index in [-0.39, 0.29) is 15.7 Å². The number of hydrogen-bond acceptors (Lipinski definition) is 3. The summed E-state index contributed by atoms with van der Waals surface area (Å²) in [6.45, 7) is 3.72. The van der Waals surface area contributed by atoms with Crippen molar-refractivity contribution in [3.05, 3.63) is 51.9 Å². The molecule has 0 aliphatic carbocycles. The van der Waals surface area contributed by atoms with Crippen LogP contribution in [-0.2, 0) is 0 Å². The zero-order valence-electron chi connectivity index (χ0n) is 11.0. The second-order valence-corrected chi connectivity index (χ2v) is 5.24. The van der Waals surface area contributed by atoms with E-state index < -0.39 is 5.82 Å². The quantitative estimate of drug-likeness (QED) is 0.845. The first-order valence-corrected chi connectivity index (χ1v) is 6.68. The Bertz CT molecular complexity index is 688. The number of pyridine rings is 1. The molecule has 104 valence electrons. The molecular formula is C14H13ClFN3S. The van der Waals surface area contributed by atoms with Crippen molar-refractivity contribution in [2.75, 3.05) is 5.32 Å². The molecule has 0 atom stereocenters. The number of aromatic nitrogens is 1. The lowest BCUT2D eigenvalue weighted by atomic mass is 10.1. The Morgan fingerprint density at radius 3 is 2.75 bits per heavy atom. The molecule has 1 aromatic heterocycles. The van der Waals surface area contributed by atoms with Crippen LogP contribution in [0.4, 0.5) is 15.9 Å². The zero-order chi connectivity index (χ0) is 14.9. The van der Waals surface area contributed by atoms with Gasteiger partial charge in [0.1, 0.15) is 10.8 Å². The molecule has 0 aliphatic rings. The minimum absolute atomic E-state index is 0.0382. The summed E-state index contributed by atoms with van der Waals surface area (Å²) < 4.78 is 13.9. The summed E-state index contributed by atoms with van der Waals surface area (Å²) in [4.78, 5) is 4.54. The van der Waals surface area contributed by atoms with E-state index in [0.29, 0.717) is 11.4 Å². The van der Waals surface area contributed by atoms with Crippen molar-refractivity contribution in [3.63, 3.8) is 0 Å².